The molecule has 0 fully saturated rings. The first-order chi connectivity index (χ1) is 10.1. The summed E-state index contributed by atoms with van der Waals surface area (Å²) in [6.07, 6.45) is 2.58. The zero-order chi connectivity index (χ0) is 14.8. The molecule has 1 amide bonds. The first kappa shape index (κ1) is 14.1. The van der Waals surface area contributed by atoms with Crippen molar-refractivity contribution in [1.82, 2.24) is 19.7 Å². The molecule has 3 rings (SSSR count). The lowest BCUT2D eigenvalue weighted by Gasteiger charge is -2.30. The molecular weight excluding hydrogens is 284 g/mol. The molecule has 1 atom stereocenters. The summed E-state index contributed by atoms with van der Waals surface area (Å²) in [5.41, 5.74) is 2.61. The minimum atomic E-state index is -0.154. The number of hydrogen-bond donors (Lipinski definition) is 0. The van der Waals surface area contributed by atoms with Gasteiger partial charge in [-0.1, -0.05) is 36.0 Å². The number of carbonyl (C=O) groups is 1. The van der Waals surface area contributed by atoms with Gasteiger partial charge in [-0.3, -0.25) is 4.79 Å². The SMILES string of the molecule is C[C@@H](Sc1nncn1C)C(=O)N1CCc2ccccc2C1. The van der Waals surface area contributed by atoms with E-state index in [1.807, 2.05) is 29.5 Å². The lowest BCUT2D eigenvalue weighted by atomic mass is 10.00. The Morgan fingerprint density at radius 3 is 2.81 bits per heavy atom. The van der Waals surface area contributed by atoms with Gasteiger partial charge in [-0.2, -0.15) is 0 Å². The number of benzene rings is 1. The monoisotopic (exact) mass is 302 g/mol. The third-order valence-corrected chi connectivity index (χ3v) is 4.88. The van der Waals surface area contributed by atoms with Crippen molar-refractivity contribution < 1.29 is 4.79 Å². The summed E-state index contributed by atoms with van der Waals surface area (Å²) in [7, 11) is 1.89. The van der Waals surface area contributed by atoms with E-state index in [1.165, 1.54) is 22.9 Å². The van der Waals surface area contributed by atoms with E-state index < -0.39 is 0 Å². The largest absolute Gasteiger partial charge is 0.337 e. The van der Waals surface area contributed by atoms with Crippen LogP contribution in [-0.4, -0.2) is 37.4 Å². The van der Waals surface area contributed by atoms with E-state index in [2.05, 4.69) is 28.4 Å². The highest BCUT2D eigenvalue weighted by atomic mass is 32.2. The van der Waals surface area contributed by atoms with Crippen molar-refractivity contribution in [2.75, 3.05) is 6.54 Å². The molecule has 0 spiro atoms. The molecule has 1 aliphatic rings. The molecule has 0 saturated heterocycles. The maximum Gasteiger partial charge on any atom is 0.236 e. The molecule has 0 aliphatic carbocycles. The van der Waals surface area contributed by atoms with E-state index in [0.29, 0.717) is 6.54 Å². The molecule has 0 bridgehead atoms. The van der Waals surface area contributed by atoms with Gasteiger partial charge in [0, 0.05) is 20.1 Å². The van der Waals surface area contributed by atoms with Gasteiger partial charge in [0.15, 0.2) is 5.16 Å². The molecule has 6 heteroatoms. The van der Waals surface area contributed by atoms with Crippen molar-refractivity contribution in [3.8, 4) is 0 Å². The average molecular weight is 302 g/mol. The quantitative estimate of drug-likeness (QED) is 0.812. The molecule has 1 aromatic carbocycles. The number of thioether (sulfide) groups is 1. The van der Waals surface area contributed by atoms with Crippen LogP contribution in [0.25, 0.3) is 0 Å². The summed E-state index contributed by atoms with van der Waals surface area (Å²) in [4.78, 5) is 14.5. The minimum Gasteiger partial charge on any atom is -0.337 e. The van der Waals surface area contributed by atoms with Gasteiger partial charge in [0.2, 0.25) is 5.91 Å². The van der Waals surface area contributed by atoms with E-state index in [-0.39, 0.29) is 11.2 Å². The summed E-state index contributed by atoms with van der Waals surface area (Å²) < 4.78 is 1.83. The molecule has 1 aliphatic heterocycles. The first-order valence-electron chi connectivity index (χ1n) is 7.01. The van der Waals surface area contributed by atoms with Crippen LogP contribution in [0.1, 0.15) is 18.1 Å². The van der Waals surface area contributed by atoms with Gasteiger partial charge in [-0.25, -0.2) is 0 Å². The van der Waals surface area contributed by atoms with Gasteiger partial charge in [-0.15, -0.1) is 10.2 Å². The molecule has 0 radical (unpaired) electrons. The minimum absolute atomic E-state index is 0.154. The van der Waals surface area contributed by atoms with Crippen LogP contribution in [0.5, 0.6) is 0 Å². The summed E-state index contributed by atoms with van der Waals surface area (Å²) in [5, 5.41) is 8.49. The van der Waals surface area contributed by atoms with Crippen molar-refractivity contribution in [1.29, 1.82) is 0 Å². The van der Waals surface area contributed by atoms with Crippen molar-refractivity contribution in [3.05, 3.63) is 41.7 Å². The van der Waals surface area contributed by atoms with E-state index >= 15 is 0 Å². The highest BCUT2D eigenvalue weighted by molar-refractivity contribution is 8.00. The van der Waals surface area contributed by atoms with Crippen molar-refractivity contribution >= 4 is 17.7 Å². The standard InChI is InChI=1S/C15H18N4OS/c1-11(21-15-17-16-10-18(15)2)14(20)19-8-7-12-5-3-4-6-13(12)9-19/h3-6,10-11H,7-9H2,1-2H3/t11-/m1/s1. The Balaban J connectivity index is 1.67. The molecular formula is C15H18N4OS. The lowest BCUT2D eigenvalue weighted by Crippen LogP contribution is -2.40. The maximum atomic E-state index is 12.6. The van der Waals surface area contributed by atoms with Crippen LogP contribution < -0.4 is 0 Å². The second kappa shape index (κ2) is 5.89. The van der Waals surface area contributed by atoms with Crippen molar-refractivity contribution in [2.45, 2.75) is 30.3 Å². The van der Waals surface area contributed by atoms with Crippen LogP contribution in [0.15, 0.2) is 35.7 Å². The number of aryl methyl sites for hydroxylation is 1. The normalized spacial score (nSPS) is 15.6. The Morgan fingerprint density at radius 1 is 1.33 bits per heavy atom. The second-order valence-corrected chi connectivity index (χ2v) is 6.57. The number of rotatable bonds is 3. The number of fused-ring (bicyclic) bond motifs is 1. The van der Waals surface area contributed by atoms with Crippen LogP contribution in [0.4, 0.5) is 0 Å². The number of carbonyl (C=O) groups excluding carboxylic acids is 1. The highest BCUT2D eigenvalue weighted by Gasteiger charge is 2.26. The van der Waals surface area contributed by atoms with Gasteiger partial charge >= 0.3 is 0 Å². The van der Waals surface area contributed by atoms with E-state index in [4.69, 9.17) is 0 Å². The van der Waals surface area contributed by atoms with Crippen LogP contribution >= 0.6 is 11.8 Å². The van der Waals surface area contributed by atoms with Crippen LogP contribution in [-0.2, 0) is 24.8 Å². The predicted molar refractivity (Wildman–Crippen MR) is 81.9 cm³/mol. The number of aromatic nitrogens is 3. The van der Waals surface area contributed by atoms with E-state index in [0.717, 1.165) is 18.1 Å². The summed E-state index contributed by atoms with van der Waals surface area (Å²) in [5.74, 6) is 0.164. The summed E-state index contributed by atoms with van der Waals surface area (Å²) in [6.45, 7) is 3.43. The van der Waals surface area contributed by atoms with Crippen molar-refractivity contribution in [3.63, 3.8) is 0 Å². The zero-order valence-corrected chi connectivity index (χ0v) is 13.0. The third-order valence-electron chi connectivity index (χ3n) is 3.74. The smallest absolute Gasteiger partial charge is 0.236 e. The second-order valence-electron chi connectivity index (χ2n) is 5.26. The molecule has 1 aromatic heterocycles. The van der Waals surface area contributed by atoms with Gasteiger partial charge in [0.1, 0.15) is 6.33 Å². The summed E-state index contributed by atoms with van der Waals surface area (Å²) in [6, 6.07) is 8.34. The van der Waals surface area contributed by atoms with Crippen molar-refractivity contribution in [2.24, 2.45) is 7.05 Å². The fourth-order valence-electron chi connectivity index (χ4n) is 2.53. The Kier molecular flexibility index (Phi) is 3.96. The molecule has 0 N–H and O–H groups in total. The maximum absolute atomic E-state index is 12.6. The predicted octanol–water partition coefficient (Wildman–Crippen LogP) is 1.88. The zero-order valence-electron chi connectivity index (χ0n) is 12.2. The first-order valence-corrected chi connectivity index (χ1v) is 7.89. The fourth-order valence-corrected chi connectivity index (χ4v) is 3.40. The Bertz CT molecular complexity index is 655. The Labute approximate surface area is 128 Å². The Hall–Kier alpha value is -1.82. The molecule has 21 heavy (non-hydrogen) atoms. The van der Waals surface area contributed by atoms with Gasteiger partial charge in [0.05, 0.1) is 5.25 Å². The van der Waals surface area contributed by atoms with Gasteiger partial charge in [-0.05, 0) is 24.5 Å². The molecule has 2 aromatic rings. The van der Waals surface area contributed by atoms with E-state index in [9.17, 15) is 4.79 Å². The van der Waals surface area contributed by atoms with Crippen LogP contribution in [0.3, 0.4) is 0 Å². The molecule has 110 valence electrons. The number of nitrogens with zero attached hydrogens (tertiary/aromatic N) is 4. The topological polar surface area (TPSA) is 51.0 Å². The number of amides is 1. The highest BCUT2D eigenvalue weighted by Crippen LogP contribution is 2.25. The van der Waals surface area contributed by atoms with Crippen LogP contribution in [0, 0.1) is 0 Å². The van der Waals surface area contributed by atoms with Gasteiger partial charge < -0.3 is 9.47 Å². The summed E-state index contributed by atoms with van der Waals surface area (Å²) >= 11 is 1.46. The molecule has 5 nitrogen and oxygen atoms in total. The third kappa shape index (κ3) is 2.95. The average Bonchev–Trinajstić information content (AvgIpc) is 2.91. The fraction of sp³-hybridized carbons (Fsp3) is 0.400. The van der Waals surface area contributed by atoms with E-state index in [1.54, 1.807) is 6.33 Å². The van der Waals surface area contributed by atoms with Gasteiger partial charge in [0.25, 0.3) is 0 Å². The Morgan fingerprint density at radius 2 is 2.10 bits per heavy atom. The molecule has 0 unspecified atom stereocenters. The van der Waals surface area contributed by atoms with Crippen LogP contribution in [0.2, 0.25) is 0 Å². The lowest BCUT2D eigenvalue weighted by molar-refractivity contribution is -0.131. The molecule has 2 heterocycles. The molecule has 0 saturated carbocycles. The number of hydrogen-bond acceptors (Lipinski definition) is 4.